The van der Waals surface area contributed by atoms with Gasteiger partial charge in [-0.05, 0) is 61.3 Å². The van der Waals surface area contributed by atoms with Gasteiger partial charge in [0.05, 0.1) is 4.90 Å². The molecule has 1 N–H and O–H groups in total. The van der Waals surface area contributed by atoms with Gasteiger partial charge in [-0.2, -0.15) is 8.42 Å². The van der Waals surface area contributed by atoms with Gasteiger partial charge in [0.1, 0.15) is 0 Å². The SMILES string of the molecule is CCCCCCCCCCCCc1c(S(=O)(=O)O)ccc(CCCC)c1CCCC. The summed E-state index contributed by atoms with van der Waals surface area (Å²) in [5, 5.41) is 0. The summed E-state index contributed by atoms with van der Waals surface area (Å²) in [5.74, 6) is 0. The summed E-state index contributed by atoms with van der Waals surface area (Å²) in [6.07, 6.45) is 19.7. The lowest BCUT2D eigenvalue weighted by Gasteiger charge is -2.18. The highest BCUT2D eigenvalue weighted by Gasteiger charge is 2.20. The molecular weight excluding hydrogens is 392 g/mol. The highest BCUT2D eigenvalue weighted by molar-refractivity contribution is 7.85. The smallest absolute Gasteiger partial charge is 0.282 e. The summed E-state index contributed by atoms with van der Waals surface area (Å²) in [7, 11) is -4.18. The first-order valence-corrected chi connectivity index (χ1v) is 14.0. The van der Waals surface area contributed by atoms with E-state index in [0.29, 0.717) is 0 Å². The molecule has 1 aromatic rings. The van der Waals surface area contributed by atoms with Crippen molar-refractivity contribution in [3.63, 3.8) is 0 Å². The van der Waals surface area contributed by atoms with Gasteiger partial charge in [0.15, 0.2) is 0 Å². The Hall–Kier alpha value is -0.870. The first-order chi connectivity index (χ1) is 14.5. The third kappa shape index (κ3) is 10.4. The summed E-state index contributed by atoms with van der Waals surface area (Å²) >= 11 is 0. The van der Waals surface area contributed by atoms with Crippen LogP contribution in [0.2, 0.25) is 0 Å². The molecule has 0 radical (unpaired) electrons. The molecule has 30 heavy (non-hydrogen) atoms. The summed E-state index contributed by atoms with van der Waals surface area (Å²) in [5.41, 5.74) is 3.36. The highest BCUT2D eigenvalue weighted by atomic mass is 32.2. The van der Waals surface area contributed by atoms with Crippen molar-refractivity contribution in [2.45, 2.75) is 135 Å². The van der Waals surface area contributed by atoms with Crippen LogP contribution >= 0.6 is 0 Å². The van der Waals surface area contributed by atoms with Gasteiger partial charge in [-0.1, -0.05) is 97.5 Å². The molecular formula is C26H46O3S. The second-order valence-electron chi connectivity index (χ2n) is 8.79. The maximum absolute atomic E-state index is 12.0. The molecule has 0 heterocycles. The lowest BCUT2D eigenvalue weighted by atomic mass is 9.90. The van der Waals surface area contributed by atoms with Crippen LogP contribution in [0, 0.1) is 0 Å². The van der Waals surface area contributed by atoms with Crippen molar-refractivity contribution in [3.8, 4) is 0 Å². The van der Waals surface area contributed by atoms with E-state index < -0.39 is 10.1 Å². The number of hydrogen-bond donors (Lipinski definition) is 1. The number of aryl methyl sites for hydroxylation is 1. The Morgan fingerprint density at radius 2 is 1.07 bits per heavy atom. The molecule has 0 amide bonds. The Balaban J connectivity index is 2.74. The van der Waals surface area contributed by atoms with E-state index in [0.717, 1.165) is 63.4 Å². The summed E-state index contributed by atoms with van der Waals surface area (Å²) in [4.78, 5) is 0.143. The minimum atomic E-state index is -4.18. The number of unbranched alkanes of at least 4 members (excludes halogenated alkanes) is 11. The predicted octanol–water partition coefficient (Wildman–Crippen LogP) is 8.08. The molecule has 0 bridgehead atoms. The van der Waals surface area contributed by atoms with Crippen LogP contribution in [-0.2, 0) is 29.4 Å². The fourth-order valence-corrected chi connectivity index (χ4v) is 5.07. The van der Waals surface area contributed by atoms with E-state index in [1.807, 2.05) is 6.07 Å². The van der Waals surface area contributed by atoms with Gasteiger partial charge in [0.25, 0.3) is 10.1 Å². The van der Waals surface area contributed by atoms with Crippen LogP contribution < -0.4 is 0 Å². The topological polar surface area (TPSA) is 54.4 Å². The number of rotatable bonds is 18. The van der Waals surface area contributed by atoms with Crippen LogP contribution in [0.5, 0.6) is 0 Å². The number of hydrogen-bond acceptors (Lipinski definition) is 2. The van der Waals surface area contributed by atoms with Crippen LogP contribution in [0.25, 0.3) is 0 Å². The molecule has 1 rings (SSSR count). The summed E-state index contributed by atoms with van der Waals surface area (Å²) in [6.45, 7) is 6.60. The fraction of sp³-hybridized carbons (Fsp3) is 0.769. The second kappa shape index (κ2) is 15.9. The Bertz CT molecular complexity index is 680. The van der Waals surface area contributed by atoms with E-state index in [2.05, 4.69) is 20.8 Å². The molecule has 174 valence electrons. The Morgan fingerprint density at radius 3 is 1.60 bits per heavy atom. The van der Waals surface area contributed by atoms with Crippen molar-refractivity contribution in [1.82, 2.24) is 0 Å². The van der Waals surface area contributed by atoms with Crippen molar-refractivity contribution in [1.29, 1.82) is 0 Å². The van der Waals surface area contributed by atoms with Crippen molar-refractivity contribution in [2.75, 3.05) is 0 Å². The van der Waals surface area contributed by atoms with E-state index in [9.17, 15) is 13.0 Å². The third-order valence-corrected chi connectivity index (χ3v) is 7.06. The first kappa shape index (κ1) is 27.2. The zero-order valence-corrected chi connectivity index (χ0v) is 20.7. The molecule has 0 saturated heterocycles. The summed E-state index contributed by atoms with van der Waals surface area (Å²) < 4.78 is 33.9. The van der Waals surface area contributed by atoms with Gasteiger partial charge in [-0.25, -0.2) is 0 Å². The van der Waals surface area contributed by atoms with E-state index in [4.69, 9.17) is 0 Å². The van der Waals surface area contributed by atoms with Crippen molar-refractivity contribution < 1.29 is 13.0 Å². The van der Waals surface area contributed by atoms with E-state index in [1.165, 1.54) is 62.5 Å². The molecule has 0 aliphatic heterocycles. The van der Waals surface area contributed by atoms with E-state index in [1.54, 1.807) is 6.07 Å². The van der Waals surface area contributed by atoms with Crippen LogP contribution in [0.3, 0.4) is 0 Å². The van der Waals surface area contributed by atoms with Crippen molar-refractivity contribution in [3.05, 3.63) is 28.8 Å². The number of benzene rings is 1. The maximum atomic E-state index is 12.0. The quantitative estimate of drug-likeness (QED) is 0.186. The average molecular weight is 439 g/mol. The molecule has 0 fully saturated rings. The fourth-order valence-electron chi connectivity index (χ4n) is 4.29. The molecule has 0 aromatic heterocycles. The van der Waals surface area contributed by atoms with Gasteiger partial charge < -0.3 is 0 Å². The summed E-state index contributed by atoms with van der Waals surface area (Å²) in [6, 6.07) is 3.58. The third-order valence-electron chi connectivity index (χ3n) is 6.12. The molecule has 0 aliphatic carbocycles. The van der Waals surface area contributed by atoms with E-state index in [-0.39, 0.29) is 4.90 Å². The molecule has 3 nitrogen and oxygen atoms in total. The Labute approximate surface area is 186 Å². The van der Waals surface area contributed by atoms with Crippen LogP contribution in [-0.4, -0.2) is 13.0 Å². The molecule has 4 heteroatoms. The van der Waals surface area contributed by atoms with Crippen LogP contribution in [0.4, 0.5) is 0 Å². The lowest BCUT2D eigenvalue weighted by molar-refractivity contribution is 0.481. The van der Waals surface area contributed by atoms with Crippen LogP contribution in [0.15, 0.2) is 17.0 Å². The minimum absolute atomic E-state index is 0.143. The molecule has 0 spiro atoms. The normalized spacial score (nSPS) is 11.9. The van der Waals surface area contributed by atoms with Crippen molar-refractivity contribution >= 4 is 10.1 Å². The Kier molecular flexibility index (Phi) is 14.4. The molecule has 0 saturated carbocycles. The van der Waals surface area contributed by atoms with Gasteiger partial charge in [-0.3, -0.25) is 4.55 Å². The highest BCUT2D eigenvalue weighted by Crippen LogP contribution is 2.28. The maximum Gasteiger partial charge on any atom is 0.294 e. The zero-order chi connectivity index (χ0) is 22.2. The van der Waals surface area contributed by atoms with Gasteiger partial charge in [-0.15, -0.1) is 0 Å². The molecule has 0 atom stereocenters. The lowest BCUT2D eigenvalue weighted by Crippen LogP contribution is -2.10. The predicted molar refractivity (Wildman–Crippen MR) is 129 cm³/mol. The first-order valence-electron chi connectivity index (χ1n) is 12.6. The Morgan fingerprint density at radius 1 is 0.600 bits per heavy atom. The van der Waals surface area contributed by atoms with Gasteiger partial charge in [0.2, 0.25) is 0 Å². The minimum Gasteiger partial charge on any atom is -0.282 e. The van der Waals surface area contributed by atoms with Gasteiger partial charge in [0, 0.05) is 0 Å². The van der Waals surface area contributed by atoms with Crippen molar-refractivity contribution in [2.24, 2.45) is 0 Å². The van der Waals surface area contributed by atoms with Crippen LogP contribution in [0.1, 0.15) is 127 Å². The molecule has 1 aromatic carbocycles. The van der Waals surface area contributed by atoms with Gasteiger partial charge >= 0.3 is 0 Å². The monoisotopic (exact) mass is 438 g/mol. The van der Waals surface area contributed by atoms with E-state index >= 15 is 0 Å². The average Bonchev–Trinajstić information content (AvgIpc) is 2.71. The second-order valence-corrected chi connectivity index (χ2v) is 10.2. The molecule has 0 unspecified atom stereocenters. The standard InChI is InChI=1S/C26H46O3S/c1-4-7-10-11-12-13-14-15-16-17-20-25-24(19-9-6-3)23(18-8-5-2)21-22-26(25)30(27,28)29/h21-22H,4-20H2,1-3H3,(H,27,28,29). The molecule has 0 aliphatic rings. The largest absolute Gasteiger partial charge is 0.294 e. The zero-order valence-electron chi connectivity index (χ0n) is 19.8.